The van der Waals surface area contributed by atoms with Gasteiger partial charge in [-0.15, -0.1) is 0 Å². The number of carbonyl (C=O) groups is 1. The monoisotopic (exact) mass is 358 g/mol. The van der Waals surface area contributed by atoms with Gasteiger partial charge in [0.25, 0.3) is 0 Å². The zero-order chi connectivity index (χ0) is 17.7. The van der Waals surface area contributed by atoms with Crippen LogP contribution in [0.4, 0.5) is 4.39 Å². The van der Waals surface area contributed by atoms with Gasteiger partial charge in [0, 0.05) is 13.1 Å². The minimum atomic E-state index is -3.94. The minimum absolute atomic E-state index is 0.145. The summed E-state index contributed by atoms with van der Waals surface area (Å²) in [5.74, 6) is -1.08. The molecule has 1 saturated heterocycles. The van der Waals surface area contributed by atoms with E-state index < -0.39 is 21.8 Å². The second kappa shape index (κ2) is 8.04. The second-order valence-corrected chi connectivity index (χ2v) is 7.69. The number of ether oxygens (including phenoxy) is 1. The number of carbonyl (C=O) groups excluding carboxylic acids is 1. The van der Waals surface area contributed by atoms with Crippen molar-refractivity contribution >= 4 is 16.0 Å². The molecule has 0 bridgehead atoms. The van der Waals surface area contributed by atoms with Gasteiger partial charge in [-0.3, -0.25) is 0 Å². The molecule has 8 heteroatoms. The van der Waals surface area contributed by atoms with Crippen LogP contribution in [0.15, 0.2) is 23.1 Å². The first-order chi connectivity index (χ1) is 11.4. The molecule has 0 aliphatic carbocycles. The summed E-state index contributed by atoms with van der Waals surface area (Å²) < 4.78 is 45.2. The summed E-state index contributed by atoms with van der Waals surface area (Å²) in [5.41, 5.74) is -0.145. The molecule has 0 saturated carbocycles. The SMILES string of the molecule is CCNCC1CCN(S(=O)(=O)c2cc(F)ccc2C(=O)OC)CC1. The average molecular weight is 358 g/mol. The summed E-state index contributed by atoms with van der Waals surface area (Å²) >= 11 is 0. The van der Waals surface area contributed by atoms with Crippen molar-refractivity contribution in [2.24, 2.45) is 5.92 Å². The normalized spacial score (nSPS) is 17.0. The Hall–Kier alpha value is -1.51. The summed E-state index contributed by atoms with van der Waals surface area (Å²) in [4.78, 5) is 11.5. The van der Waals surface area contributed by atoms with Crippen LogP contribution in [-0.4, -0.2) is 52.0 Å². The number of methoxy groups -OCH3 is 1. The van der Waals surface area contributed by atoms with E-state index >= 15 is 0 Å². The molecule has 0 aromatic heterocycles. The Kier molecular flexibility index (Phi) is 6.31. The van der Waals surface area contributed by atoms with Gasteiger partial charge in [-0.05, 0) is 50.0 Å². The predicted octanol–water partition coefficient (Wildman–Crippen LogP) is 1.62. The van der Waals surface area contributed by atoms with E-state index in [0.717, 1.165) is 51.2 Å². The molecule has 1 fully saturated rings. The highest BCUT2D eigenvalue weighted by molar-refractivity contribution is 7.89. The number of piperidine rings is 1. The first kappa shape index (κ1) is 18.8. The maximum atomic E-state index is 13.6. The second-order valence-electron chi connectivity index (χ2n) is 5.79. The average Bonchev–Trinajstić information content (AvgIpc) is 2.59. The lowest BCUT2D eigenvalue weighted by atomic mass is 9.98. The Morgan fingerprint density at radius 3 is 2.62 bits per heavy atom. The summed E-state index contributed by atoms with van der Waals surface area (Å²) in [6.45, 7) is 4.48. The Labute approximate surface area is 142 Å². The van der Waals surface area contributed by atoms with Gasteiger partial charge in [-0.25, -0.2) is 17.6 Å². The maximum Gasteiger partial charge on any atom is 0.339 e. The van der Waals surface area contributed by atoms with Crippen molar-refractivity contribution in [2.75, 3.05) is 33.3 Å². The summed E-state index contributed by atoms with van der Waals surface area (Å²) in [6, 6.07) is 3.08. The summed E-state index contributed by atoms with van der Waals surface area (Å²) in [5, 5.41) is 3.26. The number of halogens is 1. The van der Waals surface area contributed by atoms with Gasteiger partial charge in [-0.2, -0.15) is 4.31 Å². The fourth-order valence-corrected chi connectivity index (χ4v) is 4.49. The van der Waals surface area contributed by atoms with Gasteiger partial charge in [-0.1, -0.05) is 6.92 Å². The quantitative estimate of drug-likeness (QED) is 0.782. The molecule has 1 aliphatic rings. The van der Waals surface area contributed by atoms with Crippen LogP contribution in [0.3, 0.4) is 0 Å². The van der Waals surface area contributed by atoms with Crippen LogP contribution in [0.5, 0.6) is 0 Å². The lowest BCUT2D eigenvalue weighted by Gasteiger charge is -2.31. The van der Waals surface area contributed by atoms with Gasteiger partial charge in [0.1, 0.15) is 5.82 Å². The zero-order valence-corrected chi connectivity index (χ0v) is 14.7. The first-order valence-electron chi connectivity index (χ1n) is 7.98. The topological polar surface area (TPSA) is 75.7 Å². The largest absolute Gasteiger partial charge is 0.465 e. The zero-order valence-electron chi connectivity index (χ0n) is 13.9. The number of benzene rings is 1. The van der Waals surface area contributed by atoms with E-state index in [-0.39, 0.29) is 10.5 Å². The van der Waals surface area contributed by atoms with E-state index in [1.54, 1.807) is 0 Å². The molecule has 1 aromatic rings. The van der Waals surface area contributed by atoms with E-state index in [1.807, 2.05) is 6.92 Å². The van der Waals surface area contributed by atoms with Crippen molar-refractivity contribution < 1.29 is 22.3 Å². The molecule has 1 aromatic carbocycles. The van der Waals surface area contributed by atoms with Crippen LogP contribution in [-0.2, 0) is 14.8 Å². The molecule has 134 valence electrons. The van der Waals surface area contributed by atoms with Gasteiger partial charge in [0.2, 0.25) is 10.0 Å². The smallest absolute Gasteiger partial charge is 0.339 e. The first-order valence-corrected chi connectivity index (χ1v) is 9.43. The molecule has 0 radical (unpaired) electrons. The highest BCUT2D eigenvalue weighted by Crippen LogP contribution is 2.26. The number of nitrogens with one attached hydrogen (secondary N) is 1. The minimum Gasteiger partial charge on any atom is -0.465 e. The van der Waals surface area contributed by atoms with Crippen molar-refractivity contribution in [1.82, 2.24) is 9.62 Å². The molecule has 2 rings (SSSR count). The van der Waals surface area contributed by atoms with Crippen LogP contribution in [0.2, 0.25) is 0 Å². The fourth-order valence-electron chi connectivity index (χ4n) is 2.83. The summed E-state index contributed by atoms with van der Waals surface area (Å²) in [7, 11) is -2.78. The lowest BCUT2D eigenvalue weighted by molar-refractivity contribution is 0.0596. The molecule has 0 unspecified atom stereocenters. The van der Waals surface area contributed by atoms with Crippen LogP contribution >= 0.6 is 0 Å². The van der Waals surface area contributed by atoms with E-state index in [9.17, 15) is 17.6 Å². The molecule has 1 heterocycles. The van der Waals surface area contributed by atoms with Crippen molar-refractivity contribution in [3.8, 4) is 0 Å². The van der Waals surface area contributed by atoms with E-state index in [2.05, 4.69) is 10.1 Å². The van der Waals surface area contributed by atoms with Crippen LogP contribution in [0.25, 0.3) is 0 Å². The molecule has 6 nitrogen and oxygen atoms in total. The molecular formula is C16H23FN2O4S. The Balaban J connectivity index is 2.22. The number of nitrogens with zero attached hydrogens (tertiary/aromatic N) is 1. The van der Waals surface area contributed by atoms with Gasteiger partial charge < -0.3 is 10.1 Å². The van der Waals surface area contributed by atoms with Crippen molar-refractivity contribution in [2.45, 2.75) is 24.7 Å². The number of esters is 1. The lowest BCUT2D eigenvalue weighted by Crippen LogP contribution is -2.41. The molecule has 1 aliphatic heterocycles. The third kappa shape index (κ3) is 4.12. The number of hydrogen-bond acceptors (Lipinski definition) is 5. The third-order valence-corrected chi connectivity index (χ3v) is 6.16. The Bertz CT molecular complexity index is 685. The Morgan fingerprint density at radius 2 is 2.04 bits per heavy atom. The van der Waals surface area contributed by atoms with Gasteiger partial charge >= 0.3 is 5.97 Å². The van der Waals surface area contributed by atoms with Gasteiger partial charge in [0.05, 0.1) is 17.6 Å². The molecule has 0 amide bonds. The van der Waals surface area contributed by atoms with Crippen LogP contribution < -0.4 is 5.32 Å². The number of hydrogen-bond donors (Lipinski definition) is 1. The maximum absolute atomic E-state index is 13.6. The molecule has 0 atom stereocenters. The van der Waals surface area contributed by atoms with E-state index in [1.165, 1.54) is 4.31 Å². The van der Waals surface area contributed by atoms with Crippen molar-refractivity contribution in [1.29, 1.82) is 0 Å². The molecule has 1 N–H and O–H groups in total. The fraction of sp³-hybridized carbons (Fsp3) is 0.562. The van der Waals surface area contributed by atoms with Crippen molar-refractivity contribution in [3.63, 3.8) is 0 Å². The third-order valence-electron chi connectivity index (χ3n) is 4.22. The van der Waals surface area contributed by atoms with Gasteiger partial charge in [0.15, 0.2) is 0 Å². The highest BCUT2D eigenvalue weighted by Gasteiger charge is 2.32. The van der Waals surface area contributed by atoms with E-state index in [4.69, 9.17) is 0 Å². The number of sulfonamides is 1. The van der Waals surface area contributed by atoms with Crippen LogP contribution in [0, 0.1) is 11.7 Å². The molecule has 24 heavy (non-hydrogen) atoms. The predicted molar refractivity (Wildman–Crippen MR) is 87.8 cm³/mol. The molecule has 0 spiro atoms. The van der Waals surface area contributed by atoms with Crippen molar-refractivity contribution in [3.05, 3.63) is 29.6 Å². The highest BCUT2D eigenvalue weighted by atomic mass is 32.2. The summed E-state index contributed by atoms with van der Waals surface area (Å²) in [6.07, 6.45) is 1.46. The number of rotatable bonds is 6. The van der Waals surface area contributed by atoms with Crippen LogP contribution in [0.1, 0.15) is 30.1 Å². The van der Waals surface area contributed by atoms with E-state index in [0.29, 0.717) is 19.0 Å². The standard InChI is InChI=1S/C16H23FN2O4S/c1-3-18-11-12-6-8-19(9-7-12)24(21,22)15-10-13(17)4-5-14(15)16(20)23-2/h4-5,10,12,18H,3,6-9,11H2,1-2H3. The molecular weight excluding hydrogens is 335 g/mol. The Morgan fingerprint density at radius 1 is 1.38 bits per heavy atom.